The molecule has 7 heteroatoms. The summed E-state index contributed by atoms with van der Waals surface area (Å²) in [6, 6.07) is 18.2. The predicted octanol–water partition coefficient (Wildman–Crippen LogP) is 5.82. The maximum atomic E-state index is 13.0. The van der Waals surface area contributed by atoms with Crippen molar-refractivity contribution >= 4 is 28.4 Å². The normalized spacial score (nSPS) is 10.7. The summed E-state index contributed by atoms with van der Waals surface area (Å²) in [5.74, 6) is 1.82. The molecule has 0 aliphatic rings. The predicted molar refractivity (Wildman–Crippen MR) is 122 cm³/mol. The van der Waals surface area contributed by atoms with Crippen LogP contribution in [0.4, 0.5) is 0 Å². The van der Waals surface area contributed by atoms with E-state index in [4.69, 9.17) is 30.2 Å². The minimum Gasteiger partial charge on any atom is -0.497 e. The minimum atomic E-state index is -0.302. The van der Waals surface area contributed by atoms with Gasteiger partial charge in [-0.3, -0.25) is 9.59 Å². The molecule has 0 saturated heterocycles. The molecule has 0 unspecified atom stereocenters. The Labute approximate surface area is 188 Å². The molecule has 0 bridgehead atoms. The van der Waals surface area contributed by atoms with Crippen LogP contribution in [0.5, 0.6) is 23.0 Å². The van der Waals surface area contributed by atoms with Gasteiger partial charge in [-0.2, -0.15) is 0 Å². The Hall–Kier alpha value is -3.77. The topological polar surface area (TPSA) is 75.0 Å². The summed E-state index contributed by atoms with van der Waals surface area (Å²) in [4.78, 5) is 25.2. The van der Waals surface area contributed by atoms with Crippen LogP contribution in [0.1, 0.15) is 16.1 Å². The summed E-state index contributed by atoms with van der Waals surface area (Å²) in [6.45, 7) is 1.49. The van der Waals surface area contributed by atoms with Crippen molar-refractivity contribution in [3.8, 4) is 23.0 Å². The number of fused-ring (bicyclic) bond motifs is 1. The fourth-order valence-electron chi connectivity index (χ4n) is 3.11. The van der Waals surface area contributed by atoms with E-state index in [-0.39, 0.29) is 23.6 Å². The maximum Gasteiger partial charge on any atom is 0.235 e. The molecule has 3 aromatic carbocycles. The second-order valence-corrected chi connectivity index (χ2v) is 7.41. The number of halogens is 1. The van der Waals surface area contributed by atoms with Crippen LogP contribution < -0.4 is 19.6 Å². The number of Topliss-reactive ketones (excluding diaryl/α,β-unsaturated/α-hetero) is 1. The molecule has 0 spiro atoms. The number of aryl methyl sites for hydroxylation is 1. The number of carbonyl (C=O) groups is 1. The Bertz CT molecular complexity index is 1320. The third-order valence-corrected chi connectivity index (χ3v) is 5.05. The first kappa shape index (κ1) is 21.5. The molecule has 0 amide bonds. The van der Waals surface area contributed by atoms with Crippen LogP contribution in [0, 0.1) is 6.92 Å². The summed E-state index contributed by atoms with van der Waals surface area (Å²) in [6.07, 6.45) is 0. The Morgan fingerprint density at radius 1 is 0.938 bits per heavy atom. The third kappa shape index (κ3) is 4.60. The molecule has 0 N–H and O–H groups in total. The van der Waals surface area contributed by atoms with Crippen LogP contribution in [-0.2, 0) is 0 Å². The van der Waals surface area contributed by atoms with Gasteiger partial charge in [-0.15, -0.1) is 0 Å². The molecule has 32 heavy (non-hydrogen) atoms. The van der Waals surface area contributed by atoms with E-state index in [0.29, 0.717) is 44.6 Å². The molecule has 4 aromatic rings. The fraction of sp³-hybridized carbons (Fsp3) is 0.120. The number of hydrogen-bond donors (Lipinski definition) is 0. The van der Waals surface area contributed by atoms with E-state index in [1.165, 1.54) is 0 Å². The van der Waals surface area contributed by atoms with Crippen molar-refractivity contribution in [1.29, 1.82) is 0 Å². The van der Waals surface area contributed by atoms with Gasteiger partial charge in [0.25, 0.3) is 0 Å². The molecule has 0 aliphatic carbocycles. The Balaban J connectivity index is 1.54. The summed E-state index contributed by atoms with van der Waals surface area (Å²) in [5.41, 5.74) is 0.535. The van der Waals surface area contributed by atoms with Gasteiger partial charge in [-0.05, 0) is 67.6 Å². The lowest BCUT2D eigenvalue weighted by Crippen LogP contribution is -2.12. The molecular weight excluding hydrogens is 432 g/mol. The zero-order valence-corrected chi connectivity index (χ0v) is 18.1. The zero-order valence-electron chi connectivity index (χ0n) is 17.4. The van der Waals surface area contributed by atoms with Gasteiger partial charge in [0.2, 0.25) is 11.2 Å². The van der Waals surface area contributed by atoms with E-state index in [0.717, 1.165) is 0 Å². The van der Waals surface area contributed by atoms with Gasteiger partial charge < -0.3 is 18.6 Å². The van der Waals surface area contributed by atoms with Crippen molar-refractivity contribution in [1.82, 2.24) is 0 Å². The molecule has 0 fully saturated rings. The molecule has 0 saturated carbocycles. The summed E-state index contributed by atoms with van der Waals surface area (Å²) >= 11 is 5.85. The van der Waals surface area contributed by atoms with Crippen LogP contribution in [0.3, 0.4) is 0 Å². The number of rotatable bonds is 7. The number of ketones is 1. The Morgan fingerprint density at radius 2 is 1.59 bits per heavy atom. The van der Waals surface area contributed by atoms with Crippen molar-refractivity contribution in [2.75, 3.05) is 13.7 Å². The van der Waals surface area contributed by atoms with Crippen LogP contribution in [0.2, 0.25) is 5.02 Å². The highest BCUT2D eigenvalue weighted by Gasteiger charge is 2.15. The lowest BCUT2D eigenvalue weighted by Gasteiger charge is -2.10. The number of methoxy groups -OCH3 is 1. The first-order valence-corrected chi connectivity index (χ1v) is 10.1. The lowest BCUT2D eigenvalue weighted by atomic mass is 10.1. The van der Waals surface area contributed by atoms with E-state index in [2.05, 4.69) is 0 Å². The zero-order chi connectivity index (χ0) is 22.7. The maximum absolute atomic E-state index is 13.0. The quantitative estimate of drug-likeness (QED) is 0.330. The molecule has 162 valence electrons. The monoisotopic (exact) mass is 450 g/mol. The fourth-order valence-corrected chi connectivity index (χ4v) is 3.23. The van der Waals surface area contributed by atoms with Gasteiger partial charge in [-0.1, -0.05) is 11.6 Å². The average Bonchev–Trinajstić information content (AvgIpc) is 2.81. The minimum absolute atomic E-state index is 0.106. The van der Waals surface area contributed by atoms with Crippen LogP contribution >= 0.6 is 11.6 Å². The second kappa shape index (κ2) is 9.16. The number of carbonyl (C=O) groups excluding carboxylic acids is 1. The van der Waals surface area contributed by atoms with E-state index >= 15 is 0 Å². The van der Waals surface area contributed by atoms with Gasteiger partial charge in [0.05, 0.1) is 12.5 Å². The highest BCUT2D eigenvalue weighted by molar-refractivity contribution is 6.30. The molecule has 1 aromatic heterocycles. The number of hydrogen-bond acceptors (Lipinski definition) is 6. The summed E-state index contributed by atoms with van der Waals surface area (Å²) in [5, 5.41) is 0.897. The van der Waals surface area contributed by atoms with Gasteiger partial charge >= 0.3 is 0 Å². The van der Waals surface area contributed by atoms with Gasteiger partial charge in [0.1, 0.15) is 28.6 Å². The lowest BCUT2D eigenvalue weighted by molar-refractivity contribution is 0.0921. The Morgan fingerprint density at radius 3 is 2.28 bits per heavy atom. The van der Waals surface area contributed by atoms with E-state index in [9.17, 15) is 9.59 Å². The molecule has 0 aliphatic heterocycles. The summed E-state index contributed by atoms with van der Waals surface area (Å²) < 4.78 is 22.3. The molecule has 1 heterocycles. The first-order valence-electron chi connectivity index (χ1n) is 9.75. The highest BCUT2D eigenvalue weighted by Crippen LogP contribution is 2.28. The van der Waals surface area contributed by atoms with Gasteiger partial charge in [-0.25, -0.2) is 0 Å². The largest absolute Gasteiger partial charge is 0.497 e. The standard InChI is InChI=1S/C25H19ClO6/c1-15-25(32-19-9-7-18(29-2)8-10-19)24(28)21-12-11-20(13-23(21)31-15)30-14-22(27)16-3-5-17(26)6-4-16/h3-13H,14H2,1-2H3. The SMILES string of the molecule is COc1ccc(Oc2c(C)oc3cc(OCC(=O)c4ccc(Cl)cc4)ccc3c2=O)cc1. The molecule has 0 radical (unpaired) electrons. The molecular formula is C25H19ClO6. The van der Waals surface area contributed by atoms with Crippen molar-refractivity contribution in [2.24, 2.45) is 0 Å². The smallest absolute Gasteiger partial charge is 0.235 e. The summed E-state index contributed by atoms with van der Waals surface area (Å²) in [7, 11) is 1.57. The van der Waals surface area contributed by atoms with Gasteiger partial charge in [0.15, 0.2) is 12.4 Å². The van der Waals surface area contributed by atoms with E-state index in [1.807, 2.05) is 0 Å². The van der Waals surface area contributed by atoms with Crippen molar-refractivity contribution in [3.05, 3.63) is 93.3 Å². The molecule has 6 nitrogen and oxygen atoms in total. The van der Waals surface area contributed by atoms with Gasteiger partial charge in [0, 0.05) is 16.7 Å². The molecule has 4 rings (SSSR count). The molecule has 0 atom stereocenters. The van der Waals surface area contributed by atoms with Crippen LogP contribution in [0.15, 0.2) is 75.9 Å². The van der Waals surface area contributed by atoms with Crippen LogP contribution in [0.25, 0.3) is 11.0 Å². The number of benzene rings is 3. The van der Waals surface area contributed by atoms with Crippen molar-refractivity contribution in [2.45, 2.75) is 6.92 Å². The second-order valence-electron chi connectivity index (χ2n) is 6.97. The number of ether oxygens (including phenoxy) is 3. The van der Waals surface area contributed by atoms with E-state index in [1.54, 1.807) is 80.8 Å². The Kier molecular flexibility index (Phi) is 6.14. The first-order chi connectivity index (χ1) is 15.4. The third-order valence-electron chi connectivity index (χ3n) is 4.80. The van der Waals surface area contributed by atoms with Crippen LogP contribution in [-0.4, -0.2) is 19.5 Å². The van der Waals surface area contributed by atoms with Crippen molar-refractivity contribution in [3.63, 3.8) is 0 Å². The highest BCUT2D eigenvalue weighted by atomic mass is 35.5. The van der Waals surface area contributed by atoms with Crippen molar-refractivity contribution < 1.29 is 23.4 Å². The average molecular weight is 451 g/mol. The van der Waals surface area contributed by atoms with E-state index < -0.39 is 0 Å².